The molecule has 2 amide bonds. The van der Waals surface area contributed by atoms with Gasteiger partial charge in [0.2, 0.25) is 5.91 Å². The van der Waals surface area contributed by atoms with Crippen molar-refractivity contribution < 1.29 is 14.3 Å². The molecule has 27 heavy (non-hydrogen) atoms. The fraction of sp³-hybridized carbons (Fsp3) is 0.364. The fourth-order valence-electron chi connectivity index (χ4n) is 3.33. The van der Waals surface area contributed by atoms with Crippen LogP contribution >= 0.6 is 0 Å². The predicted octanol–water partition coefficient (Wildman–Crippen LogP) is 4.00. The van der Waals surface area contributed by atoms with Crippen molar-refractivity contribution in [2.75, 3.05) is 0 Å². The SMILES string of the molecule is O=C(CCC1CCCC1)NNC(=O)c1ccc(COc2ccccc2)cc1. The van der Waals surface area contributed by atoms with Crippen LogP contribution in [0.1, 0.15) is 54.4 Å². The maximum atomic E-state index is 12.1. The highest BCUT2D eigenvalue weighted by molar-refractivity contribution is 5.95. The van der Waals surface area contributed by atoms with E-state index in [1.165, 1.54) is 25.7 Å². The molecule has 0 aromatic heterocycles. The first-order chi connectivity index (χ1) is 13.2. The van der Waals surface area contributed by atoms with Crippen molar-refractivity contribution in [3.63, 3.8) is 0 Å². The lowest BCUT2D eigenvalue weighted by molar-refractivity contribution is -0.122. The van der Waals surface area contributed by atoms with Crippen LogP contribution in [-0.2, 0) is 11.4 Å². The number of carbonyl (C=O) groups excluding carboxylic acids is 2. The minimum atomic E-state index is -0.320. The molecule has 0 saturated heterocycles. The molecule has 142 valence electrons. The van der Waals surface area contributed by atoms with Crippen LogP contribution in [0.5, 0.6) is 5.75 Å². The fourth-order valence-corrected chi connectivity index (χ4v) is 3.33. The smallest absolute Gasteiger partial charge is 0.269 e. The normalized spacial score (nSPS) is 13.9. The minimum absolute atomic E-state index is 0.136. The first kappa shape index (κ1) is 19.0. The number of nitrogens with one attached hydrogen (secondary N) is 2. The molecule has 2 aromatic carbocycles. The second-order valence-electron chi connectivity index (χ2n) is 6.99. The molecule has 1 saturated carbocycles. The van der Waals surface area contributed by atoms with Gasteiger partial charge >= 0.3 is 0 Å². The number of benzene rings is 2. The summed E-state index contributed by atoms with van der Waals surface area (Å²) in [6, 6.07) is 16.7. The Labute approximate surface area is 160 Å². The molecule has 0 spiro atoms. The highest BCUT2D eigenvalue weighted by Crippen LogP contribution is 2.28. The summed E-state index contributed by atoms with van der Waals surface area (Å²) in [5.41, 5.74) is 6.45. The standard InChI is InChI=1S/C22H26N2O3/c25-21(15-12-17-6-4-5-7-17)23-24-22(26)19-13-10-18(11-14-19)16-27-20-8-2-1-3-9-20/h1-3,8-11,13-14,17H,4-7,12,15-16H2,(H,23,25)(H,24,26). The maximum absolute atomic E-state index is 12.1. The Bertz CT molecular complexity index is 738. The van der Waals surface area contributed by atoms with Crippen molar-refractivity contribution in [3.8, 4) is 5.75 Å². The van der Waals surface area contributed by atoms with E-state index in [1.54, 1.807) is 12.1 Å². The van der Waals surface area contributed by atoms with Gasteiger partial charge in [-0.1, -0.05) is 56.0 Å². The summed E-state index contributed by atoms with van der Waals surface area (Å²) in [5.74, 6) is 1.01. The minimum Gasteiger partial charge on any atom is -0.489 e. The molecule has 1 aliphatic carbocycles. The van der Waals surface area contributed by atoms with Gasteiger partial charge in [-0.15, -0.1) is 0 Å². The molecule has 5 nitrogen and oxygen atoms in total. The molecule has 0 unspecified atom stereocenters. The third-order valence-electron chi connectivity index (χ3n) is 4.93. The Morgan fingerprint density at radius 3 is 2.33 bits per heavy atom. The van der Waals surface area contributed by atoms with E-state index >= 15 is 0 Å². The van der Waals surface area contributed by atoms with Crippen molar-refractivity contribution >= 4 is 11.8 Å². The molecule has 0 heterocycles. The van der Waals surface area contributed by atoms with Crippen molar-refractivity contribution in [1.29, 1.82) is 0 Å². The molecule has 1 fully saturated rings. The number of hydrazine groups is 1. The van der Waals surface area contributed by atoms with Gasteiger partial charge in [-0.05, 0) is 42.2 Å². The topological polar surface area (TPSA) is 67.4 Å². The van der Waals surface area contributed by atoms with Crippen LogP contribution in [0.3, 0.4) is 0 Å². The molecule has 0 bridgehead atoms. The van der Waals surface area contributed by atoms with E-state index in [4.69, 9.17) is 4.74 Å². The van der Waals surface area contributed by atoms with E-state index in [0.717, 1.165) is 17.7 Å². The van der Waals surface area contributed by atoms with Gasteiger partial charge in [-0.25, -0.2) is 0 Å². The van der Waals surface area contributed by atoms with Crippen LogP contribution in [-0.4, -0.2) is 11.8 Å². The van der Waals surface area contributed by atoms with Gasteiger partial charge in [0.25, 0.3) is 5.91 Å². The van der Waals surface area contributed by atoms with Crippen molar-refractivity contribution in [1.82, 2.24) is 10.9 Å². The van der Waals surface area contributed by atoms with Crippen LogP contribution < -0.4 is 15.6 Å². The number of ether oxygens (including phenoxy) is 1. The van der Waals surface area contributed by atoms with Gasteiger partial charge in [0, 0.05) is 12.0 Å². The Hall–Kier alpha value is -2.82. The average molecular weight is 366 g/mol. The van der Waals surface area contributed by atoms with Crippen LogP contribution in [0.25, 0.3) is 0 Å². The molecule has 0 atom stereocenters. The molecule has 2 N–H and O–H groups in total. The van der Waals surface area contributed by atoms with Gasteiger partial charge in [0.1, 0.15) is 12.4 Å². The van der Waals surface area contributed by atoms with E-state index in [1.807, 2.05) is 42.5 Å². The summed E-state index contributed by atoms with van der Waals surface area (Å²) in [7, 11) is 0. The Balaban J connectivity index is 1.39. The summed E-state index contributed by atoms with van der Waals surface area (Å²) in [6.07, 6.45) is 6.35. The van der Waals surface area contributed by atoms with E-state index in [2.05, 4.69) is 10.9 Å². The molecule has 5 heteroatoms. The number of rotatable bonds is 7. The van der Waals surface area contributed by atoms with Crippen molar-refractivity contribution in [2.24, 2.45) is 5.92 Å². The summed E-state index contributed by atoms with van der Waals surface area (Å²) in [5, 5.41) is 0. The molecule has 1 aliphatic rings. The molecule has 0 aliphatic heterocycles. The molecule has 3 rings (SSSR count). The maximum Gasteiger partial charge on any atom is 0.269 e. The largest absolute Gasteiger partial charge is 0.489 e. The van der Waals surface area contributed by atoms with E-state index in [-0.39, 0.29) is 11.8 Å². The zero-order chi connectivity index (χ0) is 18.9. The zero-order valence-corrected chi connectivity index (χ0v) is 15.4. The van der Waals surface area contributed by atoms with Gasteiger partial charge < -0.3 is 4.74 Å². The molecule has 2 aromatic rings. The summed E-state index contributed by atoms with van der Waals surface area (Å²) >= 11 is 0. The lowest BCUT2D eigenvalue weighted by Gasteiger charge is -2.10. The van der Waals surface area contributed by atoms with Crippen molar-refractivity contribution in [3.05, 3.63) is 65.7 Å². The predicted molar refractivity (Wildman–Crippen MR) is 104 cm³/mol. The quantitative estimate of drug-likeness (QED) is 0.728. The number of carbonyl (C=O) groups is 2. The molecular weight excluding hydrogens is 340 g/mol. The zero-order valence-electron chi connectivity index (χ0n) is 15.4. The Morgan fingerprint density at radius 1 is 0.926 bits per heavy atom. The van der Waals surface area contributed by atoms with Gasteiger partial charge in [-0.3, -0.25) is 20.4 Å². The van der Waals surface area contributed by atoms with Gasteiger partial charge in [0.05, 0.1) is 0 Å². The first-order valence-electron chi connectivity index (χ1n) is 9.56. The summed E-state index contributed by atoms with van der Waals surface area (Å²) < 4.78 is 5.68. The van der Waals surface area contributed by atoms with E-state index in [9.17, 15) is 9.59 Å². The van der Waals surface area contributed by atoms with Crippen LogP contribution in [0.15, 0.2) is 54.6 Å². The number of para-hydroxylation sites is 1. The summed E-state index contributed by atoms with van der Waals surface area (Å²) in [6.45, 7) is 0.434. The molecular formula is C22H26N2O3. The number of hydrogen-bond acceptors (Lipinski definition) is 3. The van der Waals surface area contributed by atoms with Crippen molar-refractivity contribution in [2.45, 2.75) is 45.1 Å². The highest BCUT2D eigenvalue weighted by atomic mass is 16.5. The second kappa shape index (κ2) is 9.76. The number of amides is 2. The van der Waals surface area contributed by atoms with Gasteiger partial charge in [-0.2, -0.15) is 0 Å². The highest BCUT2D eigenvalue weighted by Gasteiger charge is 2.16. The van der Waals surface area contributed by atoms with Gasteiger partial charge in [0.15, 0.2) is 0 Å². The first-order valence-corrected chi connectivity index (χ1v) is 9.56. The van der Waals surface area contributed by atoms with E-state index in [0.29, 0.717) is 24.5 Å². The third-order valence-corrected chi connectivity index (χ3v) is 4.93. The Morgan fingerprint density at radius 2 is 1.63 bits per heavy atom. The average Bonchev–Trinajstić information content (AvgIpc) is 3.24. The lowest BCUT2D eigenvalue weighted by atomic mass is 10.0. The third kappa shape index (κ3) is 6.13. The lowest BCUT2D eigenvalue weighted by Crippen LogP contribution is -2.41. The van der Waals surface area contributed by atoms with E-state index < -0.39 is 0 Å². The van der Waals surface area contributed by atoms with Crippen LogP contribution in [0.2, 0.25) is 0 Å². The number of hydrogen-bond donors (Lipinski definition) is 2. The monoisotopic (exact) mass is 366 g/mol. The van der Waals surface area contributed by atoms with Crippen LogP contribution in [0, 0.1) is 5.92 Å². The second-order valence-corrected chi connectivity index (χ2v) is 6.99. The molecule has 0 radical (unpaired) electrons. The Kier molecular flexibility index (Phi) is 6.85. The summed E-state index contributed by atoms with van der Waals surface area (Å²) in [4.78, 5) is 24.0. The van der Waals surface area contributed by atoms with Crippen LogP contribution in [0.4, 0.5) is 0 Å².